The lowest BCUT2D eigenvalue weighted by molar-refractivity contribution is -0.145. The molecule has 0 bridgehead atoms. The van der Waals surface area contributed by atoms with Crippen LogP contribution >= 0.6 is 0 Å². The van der Waals surface area contributed by atoms with E-state index in [2.05, 4.69) is 5.32 Å². The molecule has 0 aliphatic heterocycles. The van der Waals surface area contributed by atoms with Gasteiger partial charge < -0.3 is 14.5 Å². The zero-order valence-corrected chi connectivity index (χ0v) is 15.9. The molecule has 6 nitrogen and oxygen atoms in total. The van der Waals surface area contributed by atoms with E-state index in [1.54, 1.807) is 0 Å². The lowest BCUT2D eigenvalue weighted by atomic mass is 9.89. The Morgan fingerprint density at radius 3 is 2.57 bits per heavy atom. The molecule has 2 aromatic rings. The van der Waals surface area contributed by atoms with Crippen LogP contribution in [0.2, 0.25) is 0 Å². The van der Waals surface area contributed by atoms with E-state index in [0.29, 0.717) is 11.1 Å². The number of ether oxygens (including phenoxy) is 1. The van der Waals surface area contributed by atoms with E-state index in [-0.39, 0.29) is 25.0 Å². The van der Waals surface area contributed by atoms with E-state index in [1.807, 2.05) is 12.1 Å². The summed E-state index contributed by atoms with van der Waals surface area (Å²) in [6.07, 6.45) is 8.18. The van der Waals surface area contributed by atoms with Gasteiger partial charge in [-0.1, -0.05) is 19.3 Å². The van der Waals surface area contributed by atoms with Crippen molar-refractivity contribution in [1.82, 2.24) is 5.32 Å². The minimum absolute atomic E-state index is 0.00588. The third-order valence-corrected chi connectivity index (χ3v) is 5.81. The highest BCUT2D eigenvalue weighted by Crippen LogP contribution is 2.28. The lowest BCUT2D eigenvalue weighted by Crippen LogP contribution is -2.36. The highest BCUT2D eigenvalue weighted by molar-refractivity contribution is 5.84. The van der Waals surface area contributed by atoms with Gasteiger partial charge in [0.1, 0.15) is 18.7 Å². The Hall–Kier alpha value is -2.63. The highest BCUT2D eigenvalue weighted by atomic mass is 16.5. The summed E-state index contributed by atoms with van der Waals surface area (Å²) in [5.41, 5.74) is 3.18. The van der Waals surface area contributed by atoms with Crippen molar-refractivity contribution >= 4 is 22.8 Å². The molecule has 1 fully saturated rings. The van der Waals surface area contributed by atoms with E-state index in [4.69, 9.17) is 9.15 Å². The van der Waals surface area contributed by atoms with Crippen molar-refractivity contribution in [3.8, 4) is 0 Å². The Bertz CT molecular complexity index is 955. The number of esters is 1. The predicted molar refractivity (Wildman–Crippen MR) is 104 cm³/mol. The van der Waals surface area contributed by atoms with Gasteiger partial charge in [-0.25, -0.2) is 4.79 Å². The van der Waals surface area contributed by atoms with Crippen molar-refractivity contribution in [2.45, 2.75) is 58.0 Å². The summed E-state index contributed by atoms with van der Waals surface area (Å²) in [4.78, 5) is 36.1. The zero-order valence-electron chi connectivity index (χ0n) is 15.9. The molecule has 28 heavy (non-hydrogen) atoms. The molecule has 0 radical (unpaired) electrons. The molecule has 0 saturated heterocycles. The third kappa shape index (κ3) is 4.11. The molecule has 0 spiro atoms. The Morgan fingerprint density at radius 2 is 1.79 bits per heavy atom. The second-order valence-electron chi connectivity index (χ2n) is 7.77. The number of hydrogen-bond acceptors (Lipinski definition) is 5. The van der Waals surface area contributed by atoms with Crippen LogP contribution in [0.25, 0.3) is 11.0 Å². The molecule has 1 aromatic heterocycles. The summed E-state index contributed by atoms with van der Waals surface area (Å²) in [6, 6.07) is 5.33. The summed E-state index contributed by atoms with van der Waals surface area (Å²) in [5.74, 6) is -0.573. The molecule has 0 atom stereocenters. The molecule has 148 valence electrons. The van der Waals surface area contributed by atoms with E-state index < -0.39 is 11.6 Å². The summed E-state index contributed by atoms with van der Waals surface area (Å²) in [6.45, 7) is -0.164. The number of hydrogen-bond donors (Lipinski definition) is 1. The summed E-state index contributed by atoms with van der Waals surface area (Å²) in [7, 11) is 0. The SMILES string of the molecule is O=C(CNC(=O)C1CCCCC1)OCc1cc(=O)oc2cc3c(cc12)CCC3. The van der Waals surface area contributed by atoms with Crippen LogP contribution < -0.4 is 10.9 Å². The first kappa shape index (κ1) is 18.7. The van der Waals surface area contributed by atoms with Gasteiger partial charge >= 0.3 is 11.6 Å². The van der Waals surface area contributed by atoms with Gasteiger partial charge in [0.15, 0.2) is 0 Å². The van der Waals surface area contributed by atoms with Crippen LogP contribution in [0.15, 0.2) is 27.4 Å². The van der Waals surface area contributed by atoms with Gasteiger partial charge in [0.05, 0.1) is 0 Å². The van der Waals surface area contributed by atoms with E-state index >= 15 is 0 Å². The first-order valence-corrected chi connectivity index (χ1v) is 10.1. The first-order valence-electron chi connectivity index (χ1n) is 10.1. The number of fused-ring (bicyclic) bond motifs is 2. The number of rotatable bonds is 5. The van der Waals surface area contributed by atoms with Gasteiger partial charge in [-0.05, 0) is 55.4 Å². The quantitative estimate of drug-likeness (QED) is 0.634. The number of nitrogens with one attached hydrogen (secondary N) is 1. The first-order chi connectivity index (χ1) is 13.6. The van der Waals surface area contributed by atoms with Crippen molar-refractivity contribution in [3.63, 3.8) is 0 Å². The summed E-state index contributed by atoms with van der Waals surface area (Å²) in [5, 5.41) is 3.48. The molecular formula is C22H25NO5. The van der Waals surface area contributed by atoms with Crippen LogP contribution in [-0.4, -0.2) is 18.4 Å². The number of carbonyl (C=O) groups excluding carboxylic acids is 2. The van der Waals surface area contributed by atoms with E-state index in [0.717, 1.165) is 50.3 Å². The Balaban J connectivity index is 1.39. The van der Waals surface area contributed by atoms with Gasteiger partial charge in [-0.15, -0.1) is 0 Å². The number of aryl methyl sites for hydroxylation is 2. The second-order valence-corrected chi connectivity index (χ2v) is 7.77. The second kappa shape index (κ2) is 8.17. The van der Waals surface area contributed by atoms with Crippen LogP contribution in [0.4, 0.5) is 0 Å². The molecule has 6 heteroatoms. The van der Waals surface area contributed by atoms with Crippen LogP contribution in [-0.2, 0) is 33.8 Å². The van der Waals surface area contributed by atoms with Crippen molar-refractivity contribution in [2.24, 2.45) is 5.92 Å². The van der Waals surface area contributed by atoms with Gasteiger partial charge in [-0.2, -0.15) is 0 Å². The average molecular weight is 383 g/mol. The molecule has 2 aliphatic rings. The minimum Gasteiger partial charge on any atom is -0.459 e. The molecule has 2 aliphatic carbocycles. The summed E-state index contributed by atoms with van der Waals surface area (Å²) >= 11 is 0. The Kier molecular flexibility index (Phi) is 5.46. The number of amides is 1. The molecule has 1 amide bonds. The normalized spacial score (nSPS) is 16.7. The van der Waals surface area contributed by atoms with Crippen LogP contribution in [0.3, 0.4) is 0 Å². The summed E-state index contributed by atoms with van der Waals surface area (Å²) < 4.78 is 10.6. The van der Waals surface area contributed by atoms with Crippen molar-refractivity contribution in [2.75, 3.05) is 6.54 Å². The smallest absolute Gasteiger partial charge is 0.336 e. The van der Waals surface area contributed by atoms with Gasteiger partial charge in [0.25, 0.3) is 0 Å². The maximum absolute atomic E-state index is 12.1. The fourth-order valence-electron chi connectivity index (χ4n) is 4.29. The molecule has 1 saturated carbocycles. The van der Waals surface area contributed by atoms with E-state index in [1.165, 1.54) is 23.6 Å². The molecule has 0 unspecified atom stereocenters. The van der Waals surface area contributed by atoms with Crippen molar-refractivity contribution in [1.29, 1.82) is 0 Å². The fraction of sp³-hybridized carbons (Fsp3) is 0.500. The standard InChI is InChI=1S/C22H25NO5/c24-20-11-17(18-9-15-7-4-8-16(15)10-19(18)28-20)13-27-21(25)12-23-22(26)14-5-2-1-3-6-14/h9-11,14H,1-8,12-13H2,(H,23,26). The molecular weight excluding hydrogens is 358 g/mol. The van der Waals surface area contributed by atoms with Gasteiger partial charge in [-0.3, -0.25) is 9.59 Å². The van der Waals surface area contributed by atoms with Crippen molar-refractivity contribution < 1.29 is 18.7 Å². The number of benzene rings is 1. The maximum atomic E-state index is 12.1. The van der Waals surface area contributed by atoms with Crippen LogP contribution in [0.1, 0.15) is 55.2 Å². The molecule has 4 rings (SSSR count). The minimum atomic E-state index is -0.508. The van der Waals surface area contributed by atoms with Crippen LogP contribution in [0.5, 0.6) is 0 Å². The monoisotopic (exact) mass is 383 g/mol. The molecule has 1 aromatic carbocycles. The predicted octanol–water partition coefficient (Wildman–Crippen LogP) is 3.02. The molecule has 1 heterocycles. The van der Waals surface area contributed by atoms with E-state index in [9.17, 15) is 14.4 Å². The fourth-order valence-corrected chi connectivity index (χ4v) is 4.29. The van der Waals surface area contributed by atoms with Gasteiger partial charge in [0, 0.05) is 22.9 Å². The largest absolute Gasteiger partial charge is 0.459 e. The van der Waals surface area contributed by atoms with Crippen LogP contribution in [0, 0.1) is 5.92 Å². The lowest BCUT2D eigenvalue weighted by Gasteiger charge is -2.20. The Morgan fingerprint density at radius 1 is 1.04 bits per heavy atom. The molecule has 1 N–H and O–H groups in total. The zero-order chi connectivity index (χ0) is 19.5. The number of carbonyl (C=O) groups is 2. The third-order valence-electron chi connectivity index (χ3n) is 5.81. The topological polar surface area (TPSA) is 85.6 Å². The maximum Gasteiger partial charge on any atom is 0.336 e. The average Bonchev–Trinajstić information content (AvgIpc) is 3.16. The Labute approximate surface area is 163 Å². The van der Waals surface area contributed by atoms with Gasteiger partial charge in [0.2, 0.25) is 5.91 Å². The highest BCUT2D eigenvalue weighted by Gasteiger charge is 2.21. The van der Waals surface area contributed by atoms with Crippen molar-refractivity contribution in [3.05, 3.63) is 45.3 Å².